The molecule has 2 N–H and O–H groups in total. The standard InChI is InChI=1S/C31H44N2O3S/c1-3-4-5-6-7-8-9-14-31(34)36-22-21-32-17-19-33(20-18-32)28-23-25-12-10-11-13-29(25)37-30-16-15-26(35-2)24-27(28)30/h10-13,15-16,24,28H,3-9,14,17-23H2,1-2H3/p+2/t28-/m1/s1. The molecule has 5 nitrogen and oxygen atoms in total. The number of ether oxygens (including phenoxy) is 2. The number of hydrogen-bond donors (Lipinski definition) is 2. The Morgan fingerprint density at radius 2 is 1.70 bits per heavy atom. The Labute approximate surface area is 227 Å². The van der Waals surface area contributed by atoms with Crippen molar-refractivity contribution in [3.8, 4) is 5.75 Å². The predicted molar refractivity (Wildman–Crippen MR) is 150 cm³/mol. The largest absolute Gasteiger partial charge is 0.497 e. The fourth-order valence-corrected chi connectivity index (χ4v) is 6.86. The first-order chi connectivity index (χ1) is 18.2. The number of carbonyl (C=O) groups excluding carboxylic acids is 1. The van der Waals surface area contributed by atoms with Gasteiger partial charge in [-0.25, -0.2) is 0 Å². The third-order valence-corrected chi connectivity index (χ3v) is 9.21. The molecule has 202 valence electrons. The molecule has 0 amide bonds. The van der Waals surface area contributed by atoms with Crippen molar-refractivity contribution in [2.24, 2.45) is 0 Å². The van der Waals surface area contributed by atoms with Crippen LogP contribution in [0.4, 0.5) is 0 Å². The number of esters is 1. The van der Waals surface area contributed by atoms with Crippen LogP contribution in [-0.4, -0.2) is 52.4 Å². The minimum Gasteiger partial charge on any atom is -0.497 e. The van der Waals surface area contributed by atoms with Crippen molar-refractivity contribution in [2.75, 3.05) is 46.4 Å². The first kappa shape index (κ1) is 28.0. The van der Waals surface area contributed by atoms with Crippen molar-refractivity contribution in [2.45, 2.75) is 80.5 Å². The van der Waals surface area contributed by atoms with E-state index in [-0.39, 0.29) is 5.97 Å². The molecular formula is C31H46N2O3S+2. The number of methoxy groups -OCH3 is 1. The summed E-state index contributed by atoms with van der Waals surface area (Å²) in [6.45, 7) is 8.22. The summed E-state index contributed by atoms with van der Waals surface area (Å²) >= 11 is 1.89. The second-order valence-electron chi connectivity index (χ2n) is 10.6. The van der Waals surface area contributed by atoms with Crippen molar-refractivity contribution in [3.05, 3.63) is 53.6 Å². The fourth-order valence-electron chi connectivity index (χ4n) is 5.73. The normalized spacial score (nSPS) is 21.0. The Hall–Kier alpha value is -2.02. The predicted octanol–water partition coefficient (Wildman–Crippen LogP) is 3.91. The number of benzene rings is 2. The Morgan fingerprint density at radius 3 is 2.49 bits per heavy atom. The molecule has 1 atom stereocenters. The molecule has 1 saturated heterocycles. The summed E-state index contributed by atoms with van der Waals surface area (Å²) in [6, 6.07) is 15.9. The van der Waals surface area contributed by atoms with E-state index >= 15 is 0 Å². The van der Waals surface area contributed by atoms with E-state index in [1.54, 1.807) is 16.9 Å². The highest BCUT2D eigenvalue weighted by molar-refractivity contribution is 7.99. The van der Waals surface area contributed by atoms with Gasteiger partial charge >= 0.3 is 5.97 Å². The maximum atomic E-state index is 12.1. The molecule has 2 aromatic rings. The second-order valence-corrected chi connectivity index (χ2v) is 11.7. The lowest BCUT2D eigenvalue weighted by atomic mass is 9.96. The van der Waals surface area contributed by atoms with Gasteiger partial charge in [-0.15, -0.1) is 0 Å². The smallest absolute Gasteiger partial charge is 0.305 e. The number of hydrogen-bond acceptors (Lipinski definition) is 4. The zero-order valence-corrected chi connectivity index (χ0v) is 23.7. The highest BCUT2D eigenvalue weighted by Gasteiger charge is 2.34. The number of piperazine rings is 1. The Kier molecular flexibility index (Phi) is 11.2. The molecule has 2 aromatic carbocycles. The van der Waals surface area contributed by atoms with Gasteiger partial charge in [0.1, 0.15) is 51.1 Å². The van der Waals surface area contributed by atoms with Gasteiger partial charge in [0.05, 0.1) is 7.11 Å². The molecule has 0 bridgehead atoms. The molecule has 2 aliphatic heterocycles. The van der Waals surface area contributed by atoms with Crippen LogP contribution in [0.5, 0.6) is 5.75 Å². The molecule has 0 saturated carbocycles. The number of quaternary nitrogens is 2. The van der Waals surface area contributed by atoms with Gasteiger partial charge in [0, 0.05) is 28.2 Å². The van der Waals surface area contributed by atoms with Crippen LogP contribution in [0.25, 0.3) is 0 Å². The molecule has 0 aliphatic carbocycles. The first-order valence-electron chi connectivity index (χ1n) is 14.5. The summed E-state index contributed by atoms with van der Waals surface area (Å²) in [7, 11) is 1.76. The summed E-state index contributed by atoms with van der Waals surface area (Å²) < 4.78 is 11.2. The molecule has 0 radical (unpaired) electrons. The molecular weight excluding hydrogens is 480 g/mol. The van der Waals surface area contributed by atoms with Crippen LogP contribution in [0.3, 0.4) is 0 Å². The highest BCUT2D eigenvalue weighted by Crippen LogP contribution is 2.41. The minimum absolute atomic E-state index is 0.0163. The van der Waals surface area contributed by atoms with Crippen molar-refractivity contribution < 1.29 is 24.1 Å². The van der Waals surface area contributed by atoms with Crippen LogP contribution < -0.4 is 14.5 Å². The lowest BCUT2D eigenvalue weighted by molar-refractivity contribution is -1.03. The summed E-state index contributed by atoms with van der Waals surface area (Å²) in [4.78, 5) is 18.1. The summed E-state index contributed by atoms with van der Waals surface area (Å²) in [5.74, 6) is 0.926. The quantitative estimate of drug-likeness (QED) is 0.307. The van der Waals surface area contributed by atoms with Crippen molar-refractivity contribution in [1.29, 1.82) is 0 Å². The van der Waals surface area contributed by atoms with Gasteiger partial charge in [-0.05, 0) is 36.2 Å². The maximum absolute atomic E-state index is 12.1. The molecule has 4 rings (SSSR count). The van der Waals surface area contributed by atoms with Crippen LogP contribution in [0, 0.1) is 0 Å². The molecule has 0 aromatic heterocycles. The molecule has 0 unspecified atom stereocenters. The van der Waals surface area contributed by atoms with E-state index in [0.717, 1.165) is 57.7 Å². The second kappa shape index (κ2) is 14.8. The number of fused-ring (bicyclic) bond motifs is 2. The van der Waals surface area contributed by atoms with Crippen molar-refractivity contribution in [1.82, 2.24) is 0 Å². The van der Waals surface area contributed by atoms with Gasteiger partial charge < -0.3 is 19.3 Å². The van der Waals surface area contributed by atoms with Crippen LogP contribution in [0.15, 0.2) is 52.3 Å². The summed E-state index contributed by atoms with van der Waals surface area (Å²) in [5, 5.41) is 0. The third-order valence-electron chi connectivity index (χ3n) is 8.00. The van der Waals surface area contributed by atoms with Crippen molar-refractivity contribution in [3.63, 3.8) is 0 Å². The van der Waals surface area contributed by atoms with Crippen LogP contribution in [0.2, 0.25) is 0 Å². The van der Waals surface area contributed by atoms with E-state index in [1.807, 2.05) is 11.8 Å². The lowest BCUT2D eigenvalue weighted by Gasteiger charge is -2.35. The SMILES string of the molecule is CCCCCCCCCC(=O)OCC[NH+]1CC[NH+]([C@@H]2Cc3ccccc3Sc3ccc(OC)cc32)CC1. The van der Waals surface area contributed by atoms with Gasteiger partial charge in [0.15, 0.2) is 0 Å². The van der Waals surface area contributed by atoms with E-state index in [9.17, 15) is 4.79 Å². The van der Waals surface area contributed by atoms with Crippen LogP contribution in [-0.2, 0) is 16.0 Å². The zero-order valence-electron chi connectivity index (χ0n) is 22.9. The van der Waals surface area contributed by atoms with E-state index < -0.39 is 0 Å². The van der Waals surface area contributed by atoms with Gasteiger partial charge in [0.2, 0.25) is 0 Å². The lowest BCUT2D eigenvalue weighted by Crippen LogP contribution is -3.28. The number of rotatable bonds is 13. The molecule has 37 heavy (non-hydrogen) atoms. The fraction of sp³-hybridized carbons (Fsp3) is 0.581. The molecule has 1 fully saturated rings. The van der Waals surface area contributed by atoms with Gasteiger partial charge in [-0.1, -0.05) is 75.4 Å². The third kappa shape index (κ3) is 8.23. The highest BCUT2D eigenvalue weighted by atomic mass is 32.2. The first-order valence-corrected chi connectivity index (χ1v) is 15.3. The average Bonchev–Trinajstić information content (AvgIpc) is 3.09. The molecule has 0 spiro atoms. The molecule has 2 aliphatic rings. The monoisotopic (exact) mass is 526 g/mol. The van der Waals surface area contributed by atoms with E-state index in [2.05, 4.69) is 49.4 Å². The Morgan fingerprint density at radius 1 is 0.946 bits per heavy atom. The van der Waals surface area contributed by atoms with Gasteiger partial charge in [-0.2, -0.15) is 0 Å². The van der Waals surface area contributed by atoms with Crippen molar-refractivity contribution >= 4 is 17.7 Å². The number of unbranched alkanes of at least 4 members (excludes halogenated alkanes) is 6. The van der Waals surface area contributed by atoms with E-state index in [1.165, 1.54) is 53.0 Å². The molecule has 2 heterocycles. The topological polar surface area (TPSA) is 44.4 Å². The van der Waals surface area contributed by atoms with Gasteiger partial charge in [0.25, 0.3) is 0 Å². The average molecular weight is 527 g/mol. The number of carbonyl (C=O) groups is 1. The van der Waals surface area contributed by atoms with Gasteiger partial charge in [-0.3, -0.25) is 4.79 Å². The van der Waals surface area contributed by atoms with Crippen LogP contribution >= 0.6 is 11.8 Å². The summed E-state index contributed by atoms with van der Waals surface area (Å²) in [5.41, 5.74) is 2.86. The van der Waals surface area contributed by atoms with Crippen LogP contribution in [0.1, 0.15) is 75.5 Å². The number of nitrogens with one attached hydrogen (secondary N) is 2. The molecule has 6 heteroatoms. The maximum Gasteiger partial charge on any atom is 0.305 e. The van der Waals surface area contributed by atoms with E-state index in [4.69, 9.17) is 9.47 Å². The van der Waals surface area contributed by atoms with E-state index in [0.29, 0.717) is 19.1 Å². The Balaban J connectivity index is 1.23. The zero-order chi connectivity index (χ0) is 25.9. The summed E-state index contributed by atoms with van der Waals surface area (Å²) in [6.07, 6.45) is 10.2. The minimum atomic E-state index is -0.0163. The Bertz CT molecular complexity index is 990.